The molecule has 0 aliphatic carbocycles. The maximum absolute atomic E-state index is 11.2. The van der Waals surface area contributed by atoms with Crippen molar-refractivity contribution in [2.45, 2.75) is 13.0 Å². The summed E-state index contributed by atoms with van der Waals surface area (Å²) in [4.78, 5) is 11.2. The first-order valence-electron chi connectivity index (χ1n) is 4.06. The molecule has 0 aliphatic heterocycles. The van der Waals surface area contributed by atoms with Crippen LogP contribution in [0.15, 0.2) is 12.1 Å². The van der Waals surface area contributed by atoms with Crippen molar-refractivity contribution in [1.29, 1.82) is 0 Å². The van der Waals surface area contributed by atoms with Gasteiger partial charge in [0.25, 0.3) is 0 Å². The molecule has 0 saturated heterocycles. The monoisotopic (exact) mass is 234 g/mol. The third-order valence-corrected chi connectivity index (χ3v) is 2.51. The van der Waals surface area contributed by atoms with Crippen molar-refractivity contribution in [1.82, 2.24) is 5.32 Å². The molecule has 1 aromatic rings. The van der Waals surface area contributed by atoms with Crippen molar-refractivity contribution >= 4 is 34.0 Å². The van der Waals surface area contributed by atoms with Gasteiger partial charge in [0.05, 0.1) is 15.4 Å². The van der Waals surface area contributed by atoms with Gasteiger partial charge in [0, 0.05) is 6.54 Å². The molecule has 0 fully saturated rings. The topological polar surface area (TPSA) is 61.4 Å². The van der Waals surface area contributed by atoms with Crippen molar-refractivity contribution in [3.05, 3.63) is 16.5 Å². The second-order valence-corrected chi connectivity index (χ2v) is 4.50. The van der Waals surface area contributed by atoms with Crippen LogP contribution in [0.25, 0.3) is 0 Å². The van der Waals surface area contributed by atoms with Crippen molar-refractivity contribution in [2.24, 2.45) is 0 Å². The minimum absolute atomic E-state index is 0.227. The summed E-state index contributed by atoms with van der Waals surface area (Å²) in [7, 11) is 0. The average Bonchev–Trinajstić information content (AvgIpc) is 2.48. The Morgan fingerprint density at radius 2 is 2.43 bits per heavy atom. The zero-order chi connectivity index (χ0) is 10.6. The SMILES string of the molecule is CC(O)CNC(=O)Nc1ccc(Cl)s1. The molecule has 0 aliphatic rings. The lowest BCUT2D eigenvalue weighted by Gasteiger charge is -2.06. The number of hydrogen-bond donors (Lipinski definition) is 3. The molecule has 0 saturated carbocycles. The molecular formula is C8H11ClN2O2S. The number of aliphatic hydroxyl groups is 1. The molecular weight excluding hydrogens is 224 g/mol. The Labute approximate surface area is 90.9 Å². The molecule has 4 nitrogen and oxygen atoms in total. The molecule has 0 bridgehead atoms. The van der Waals surface area contributed by atoms with Crippen molar-refractivity contribution in [3.8, 4) is 0 Å². The second-order valence-electron chi connectivity index (χ2n) is 2.79. The van der Waals surface area contributed by atoms with Crippen LogP contribution in [0.4, 0.5) is 9.80 Å². The predicted molar refractivity (Wildman–Crippen MR) is 58.0 cm³/mol. The van der Waals surface area contributed by atoms with Gasteiger partial charge in [0.1, 0.15) is 0 Å². The summed E-state index contributed by atoms with van der Waals surface area (Å²) in [5.74, 6) is 0. The molecule has 1 heterocycles. The molecule has 0 radical (unpaired) electrons. The fourth-order valence-electron chi connectivity index (χ4n) is 0.778. The Morgan fingerprint density at radius 3 is 2.93 bits per heavy atom. The summed E-state index contributed by atoms with van der Waals surface area (Å²) in [5.41, 5.74) is 0. The van der Waals surface area contributed by atoms with Gasteiger partial charge in [-0.05, 0) is 19.1 Å². The summed E-state index contributed by atoms with van der Waals surface area (Å²) in [6.45, 7) is 1.83. The largest absolute Gasteiger partial charge is 0.392 e. The van der Waals surface area contributed by atoms with E-state index in [0.717, 1.165) is 0 Å². The lowest BCUT2D eigenvalue weighted by atomic mass is 10.4. The van der Waals surface area contributed by atoms with Gasteiger partial charge >= 0.3 is 6.03 Å². The Hall–Kier alpha value is -0.780. The Morgan fingerprint density at radius 1 is 1.71 bits per heavy atom. The molecule has 1 atom stereocenters. The third kappa shape index (κ3) is 3.95. The average molecular weight is 235 g/mol. The van der Waals surface area contributed by atoms with Crippen LogP contribution in [0.2, 0.25) is 4.34 Å². The zero-order valence-corrected chi connectivity index (χ0v) is 9.15. The maximum atomic E-state index is 11.2. The number of halogens is 1. The van der Waals surface area contributed by atoms with Gasteiger partial charge in [0.15, 0.2) is 0 Å². The molecule has 0 spiro atoms. The fraction of sp³-hybridized carbons (Fsp3) is 0.375. The Bertz CT molecular complexity index is 314. The van der Waals surface area contributed by atoms with Crippen LogP contribution in [-0.2, 0) is 0 Å². The van der Waals surface area contributed by atoms with Gasteiger partial charge in [-0.3, -0.25) is 5.32 Å². The van der Waals surface area contributed by atoms with Crippen molar-refractivity contribution < 1.29 is 9.90 Å². The highest BCUT2D eigenvalue weighted by molar-refractivity contribution is 7.20. The predicted octanol–water partition coefficient (Wildman–Crippen LogP) is 1.90. The van der Waals surface area contributed by atoms with Crippen molar-refractivity contribution in [3.63, 3.8) is 0 Å². The van der Waals surface area contributed by atoms with Gasteiger partial charge in [-0.1, -0.05) is 11.6 Å². The minimum Gasteiger partial charge on any atom is -0.392 e. The van der Waals surface area contributed by atoms with Gasteiger partial charge in [-0.15, -0.1) is 11.3 Å². The number of aliphatic hydroxyl groups excluding tert-OH is 1. The summed E-state index contributed by atoms with van der Waals surface area (Å²) < 4.78 is 0.621. The van der Waals surface area contributed by atoms with Crippen LogP contribution in [-0.4, -0.2) is 23.8 Å². The van der Waals surface area contributed by atoms with Crippen LogP contribution in [0.3, 0.4) is 0 Å². The minimum atomic E-state index is -0.548. The molecule has 6 heteroatoms. The number of nitrogens with one attached hydrogen (secondary N) is 2. The van der Waals surface area contributed by atoms with Crippen LogP contribution in [0.1, 0.15) is 6.92 Å². The van der Waals surface area contributed by atoms with Crippen LogP contribution < -0.4 is 10.6 Å². The lowest BCUT2D eigenvalue weighted by molar-refractivity contribution is 0.190. The zero-order valence-electron chi connectivity index (χ0n) is 7.58. The number of hydrogen-bond acceptors (Lipinski definition) is 3. The van der Waals surface area contributed by atoms with Crippen LogP contribution in [0.5, 0.6) is 0 Å². The van der Waals surface area contributed by atoms with Gasteiger partial charge in [0.2, 0.25) is 0 Å². The molecule has 78 valence electrons. The highest BCUT2D eigenvalue weighted by Gasteiger charge is 2.04. The van der Waals surface area contributed by atoms with E-state index in [0.29, 0.717) is 9.34 Å². The third-order valence-electron chi connectivity index (χ3n) is 1.37. The van der Waals surface area contributed by atoms with Crippen LogP contribution >= 0.6 is 22.9 Å². The van der Waals surface area contributed by atoms with Crippen molar-refractivity contribution in [2.75, 3.05) is 11.9 Å². The molecule has 1 unspecified atom stereocenters. The van der Waals surface area contributed by atoms with E-state index in [-0.39, 0.29) is 12.6 Å². The van der Waals surface area contributed by atoms with E-state index < -0.39 is 6.10 Å². The number of anilines is 1. The van der Waals surface area contributed by atoms with Gasteiger partial charge in [-0.25, -0.2) is 4.79 Å². The number of amides is 2. The van der Waals surface area contributed by atoms with E-state index in [9.17, 15) is 4.79 Å². The smallest absolute Gasteiger partial charge is 0.319 e. The maximum Gasteiger partial charge on any atom is 0.319 e. The number of urea groups is 1. The number of thiophene rings is 1. The first kappa shape index (κ1) is 11.3. The molecule has 2 amide bonds. The van der Waals surface area contributed by atoms with E-state index in [1.165, 1.54) is 11.3 Å². The normalized spacial score (nSPS) is 12.2. The Balaban J connectivity index is 2.34. The van der Waals surface area contributed by atoms with E-state index in [1.807, 2.05) is 0 Å². The van der Waals surface area contributed by atoms with E-state index in [2.05, 4.69) is 10.6 Å². The van der Waals surface area contributed by atoms with Gasteiger partial charge in [-0.2, -0.15) is 0 Å². The second kappa shape index (κ2) is 5.19. The Kier molecular flexibility index (Phi) is 4.19. The fourth-order valence-corrected chi connectivity index (χ4v) is 1.72. The standard InChI is InChI=1S/C8H11ClN2O2S/c1-5(12)4-10-8(13)11-7-3-2-6(9)14-7/h2-3,5,12H,4H2,1H3,(H2,10,11,13). The number of carbonyl (C=O) groups excluding carboxylic acids is 1. The summed E-state index contributed by atoms with van der Waals surface area (Å²) >= 11 is 6.96. The van der Waals surface area contributed by atoms with E-state index in [4.69, 9.17) is 16.7 Å². The molecule has 0 aromatic carbocycles. The lowest BCUT2D eigenvalue weighted by Crippen LogP contribution is -2.33. The summed E-state index contributed by atoms with van der Waals surface area (Å²) in [6, 6.07) is 3.08. The number of carbonyl (C=O) groups is 1. The summed E-state index contributed by atoms with van der Waals surface area (Å²) in [6.07, 6.45) is -0.548. The molecule has 1 rings (SSSR count). The first-order valence-corrected chi connectivity index (χ1v) is 5.25. The quantitative estimate of drug-likeness (QED) is 0.748. The molecule has 1 aromatic heterocycles. The van der Waals surface area contributed by atoms with E-state index in [1.54, 1.807) is 19.1 Å². The molecule has 3 N–H and O–H groups in total. The highest BCUT2D eigenvalue weighted by Crippen LogP contribution is 2.25. The highest BCUT2D eigenvalue weighted by atomic mass is 35.5. The summed E-state index contributed by atoms with van der Waals surface area (Å²) in [5, 5.41) is 14.7. The molecule has 14 heavy (non-hydrogen) atoms. The van der Waals surface area contributed by atoms with E-state index >= 15 is 0 Å². The van der Waals surface area contributed by atoms with Crippen LogP contribution in [0, 0.1) is 0 Å². The number of rotatable bonds is 3. The first-order chi connectivity index (χ1) is 6.58. The van der Waals surface area contributed by atoms with Gasteiger partial charge < -0.3 is 10.4 Å².